The van der Waals surface area contributed by atoms with Gasteiger partial charge >= 0.3 is 0 Å². The molecule has 2 N–H and O–H groups in total. The third kappa shape index (κ3) is 4.23. The molecular formula is C18H29BrN2. The van der Waals surface area contributed by atoms with Crippen LogP contribution in [0.25, 0.3) is 0 Å². The molecule has 1 aromatic carbocycles. The van der Waals surface area contributed by atoms with Gasteiger partial charge < -0.3 is 10.6 Å². The Labute approximate surface area is 138 Å². The molecule has 1 aliphatic heterocycles. The Balaban J connectivity index is 2.05. The van der Waals surface area contributed by atoms with Crippen molar-refractivity contribution in [1.29, 1.82) is 0 Å². The number of nitrogens with zero attached hydrogens (tertiary/aromatic N) is 1. The fraction of sp³-hybridized carbons (Fsp3) is 0.667. The summed E-state index contributed by atoms with van der Waals surface area (Å²) >= 11 is 3.76. The van der Waals surface area contributed by atoms with Gasteiger partial charge in [-0.15, -0.1) is 0 Å². The van der Waals surface area contributed by atoms with Crippen molar-refractivity contribution in [3.8, 4) is 0 Å². The number of anilines is 1. The minimum absolute atomic E-state index is 0.267. The van der Waals surface area contributed by atoms with E-state index in [1.54, 1.807) is 0 Å². The molecule has 0 bridgehead atoms. The van der Waals surface area contributed by atoms with Crippen molar-refractivity contribution in [2.24, 2.45) is 11.1 Å². The third-order valence-corrected chi connectivity index (χ3v) is 5.83. The molecule has 0 saturated carbocycles. The van der Waals surface area contributed by atoms with Crippen LogP contribution in [0.4, 0.5) is 5.69 Å². The van der Waals surface area contributed by atoms with Crippen LogP contribution in [0, 0.1) is 5.41 Å². The molecule has 1 aromatic rings. The van der Waals surface area contributed by atoms with Gasteiger partial charge in [-0.05, 0) is 64.7 Å². The number of benzene rings is 1. The van der Waals surface area contributed by atoms with Crippen molar-refractivity contribution in [2.45, 2.75) is 58.9 Å². The second kappa shape index (κ2) is 7.15. The van der Waals surface area contributed by atoms with Gasteiger partial charge in [-0.1, -0.05) is 33.3 Å². The molecule has 1 saturated heterocycles. The first-order valence-electron chi connectivity index (χ1n) is 8.26. The molecule has 1 atom stereocenters. The van der Waals surface area contributed by atoms with E-state index in [9.17, 15) is 0 Å². The van der Waals surface area contributed by atoms with Crippen LogP contribution in [0.1, 0.15) is 52.0 Å². The average molecular weight is 353 g/mol. The van der Waals surface area contributed by atoms with E-state index in [1.165, 1.54) is 35.0 Å². The summed E-state index contributed by atoms with van der Waals surface area (Å²) in [6.45, 7) is 9.21. The molecule has 0 spiro atoms. The molecule has 118 valence electrons. The lowest BCUT2D eigenvalue weighted by Crippen LogP contribution is -2.38. The maximum Gasteiger partial charge on any atom is 0.0510 e. The number of halogens is 1. The van der Waals surface area contributed by atoms with Gasteiger partial charge in [0.15, 0.2) is 0 Å². The maximum atomic E-state index is 6.06. The normalized spacial score (nSPS) is 19.6. The number of hydrogen-bond donors (Lipinski definition) is 1. The van der Waals surface area contributed by atoms with Gasteiger partial charge in [0.1, 0.15) is 0 Å². The second-order valence-corrected chi connectivity index (χ2v) is 7.66. The van der Waals surface area contributed by atoms with E-state index >= 15 is 0 Å². The fourth-order valence-electron chi connectivity index (χ4n) is 3.02. The average Bonchev–Trinajstić information content (AvgIpc) is 2.48. The van der Waals surface area contributed by atoms with Crippen molar-refractivity contribution < 1.29 is 0 Å². The summed E-state index contributed by atoms with van der Waals surface area (Å²) in [6.07, 6.45) is 5.86. The van der Waals surface area contributed by atoms with Crippen molar-refractivity contribution in [1.82, 2.24) is 0 Å². The molecule has 0 aliphatic carbocycles. The first kappa shape index (κ1) is 16.8. The molecule has 2 rings (SSSR count). The fourth-order valence-corrected chi connectivity index (χ4v) is 3.70. The van der Waals surface area contributed by atoms with Gasteiger partial charge in [-0.25, -0.2) is 0 Å². The highest BCUT2D eigenvalue weighted by Crippen LogP contribution is 2.37. The number of hydrogen-bond acceptors (Lipinski definition) is 2. The van der Waals surface area contributed by atoms with E-state index in [0.717, 1.165) is 25.9 Å². The molecule has 1 fully saturated rings. The molecule has 0 amide bonds. The van der Waals surface area contributed by atoms with Crippen LogP contribution in [0.3, 0.4) is 0 Å². The highest BCUT2D eigenvalue weighted by Gasteiger charge is 2.28. The quantitative estimate of drug-likeness (QED) is 0.828. The molecule has 0 radical (unpaired) electrons. The minimum Gasteiger partial charge on any atom is -0.371 e. The molecule has 21 heavy (non-hydrogen) atoms. The van der Waals surface area contributed by atoms with Gasteiger partial charge in [0, 0.05) is 23.6 Å². The first-order valence-corrected chi connectivity index (χ1v) is 9.05. The Morgan fingerprint density at radius 3 is 2.48 bits per heavy atom. The van der Waals surface area contributed by atoms with Gasteiger partial charge in [0.05, 0.1) is 5.69 Å². The summed E-state index contributed by atoms with van der Waals surface area (Å²) in [6, 6.07) is 7.01. The molecule has 1 unspecified atom stereocenters. The van der Waals surface area contributed by atoms with Crippen molar-refractivity contribution in [2.75, 3.05) is 18.0 Å². The smallest absolute Gasteiger partial charge is 0.0510 e. The van der Waals surface area contributed by atoms with E-state index in [2.05, 4.69) is 59.8 Å². The summed E-state index contributed by atoms with van der Waals surface area (Å²) in [5.41, 5.74) is 9.26. The van der Waals surface area contributed by atoms with Crippen LogP contribution in [0.2, 0.25) is 0 Å². The van der Waals surface area contributed by atoms with Gasteiger partial charge in [0.2, 0.25) is 0 Å². The summed E-state index contributed by atoms with van der Waals surface area (Å²) in [4.78, 5) is 2.52. The van der Waals surface area contributed by atoms with Crippen LogP contribution >= 0.6 is 15.9 Å². The minimum atomic E-state index is 0.267. The topological polar surface area (TPSA) is 29.3 Å². The summed E-state index contributed by atoms with van der Waals surface area (Å²) in [7, 11) is 0. The Morgan fingerprint density at radius 1 is 1.29 bits per heavy atom. The van der Waals surface area contributed by atoms with E-state index in [4.69, 9.17) is 5.73 Å². The third-order valence-electron chi connectivity index (χ3n) is 5.20. The zero-order valence-electron chi connectivity index (χ0n) is 13.7. The van der Waals surface area contributed by atoms with E-state index in [0.29, 0.717) is 5.41 Å². The zero-order chi connectivity index (χ0) is 15.5. The lowest BCUT2D eigenvalue weighted by atomic mass is 9.78. The van der Waals surface area contributed by atoms with E-state index in [1.807, 2.05) is 0 Å². The predicted octanol–water partition coefficient (Wildman–Crippen LogP) is 4.75. The predicted molar refractivity (Wildman–Crippen MR) is 96.0 cm³/mol. The monoisotopic (exact) mass is 352 g/mol. The number of rotatable bonds is 5. The summed E-state index contributed by atoms with van der Waals surface area (Å²) in [5.74, 6) is 0. The largest absolute Gasteiger partial charge is 0.371 e. The van der Waals surface area contributed by atoms with Crippen LogP contribution < -0.4 is 10.6 Å². The Hall–Kier alpha value is -0.540. The molecule has 3 heteroatoms. The molecule has 2 nitrogen and oxygen atoms in total. The summed E-state index contributed by atoms with van der Waals surface area (Å²) in [5, 5.41) is 0. The lowest BCUT2D eigenvalue weighted by Gasteiger charge is -2.40. The zero-order valence-corrected chi connectivity index (χ0v) is 15.2. The summed E-state index contributed by atoms with van der Waals surface area (Å²) < 4.78 is 1.21. The molecule has 1 aliphatic rings. The van der Waals surface area contributed by atoms with Crippen LogP contribution in [-0.2, 0) is 6.42 Å². The Kier molecular flexibility index (Phi) is 5.73. The van der Waals surface area contributed by atoms with E-state index < -0.39 is 0 Å². The van der Waals surface area contributed by atoms with Crippen molar-refractivity contribution in [3.05, 3.63) is 28.2 Å². The van der Waals surface area contributed by atoms with Crippen molar-refractivity contribution in [3.63, 3.8) is 0 Å². The maximum absolute atomic E-state index is 6.06. The molecule has 1 heterocycles. The van der Waals surface area contributed by atoms with Crippen LogP contribution in [0.5, 0.6) is 0 Å². The van der Waals surface area contributed by atoms with Crippen LogP contribution in [-0.4, -0.2) is 19.1 Å². The van der Waals surface area contributed by atoms with Crippen LogP contribution in [0.15, 0.2) is 22.7 Å². The SMILES string of the molecule is CCC(N)Cc1ccc(N2CCC(C)(CC)CC2)c(Br)c1. The van der Waals surface area contributed by atoms with Gasteiger partial charge in [-0.3, -0.25) is 0 Å². The standard InChI is InChI=1S/C18H29BrN2/c1-4-15(20)12-14-6-7-17(16(19)13-14)21-10-8-18(3,5-2)9-11-21/h6-7,13,15H,4-5,8-12,20H2,1-3H3. The van der Waals surface area contributed by atoms with Crippen molar-refractivity contribution >= 4 is 21.6 Å². The Bertz CT molecular complexity index is 464. The first-order chi connectivity index (χ1) is 9.97. The van der Waals surface area contributed by atoms with Gasteiger partial charge in [0.25, 0.3) is 0 Å². The highest BCUT2D eigenvalue weighted by molar-refractivity contribution is 9.10. The lowest BCUT2D eigenvalue weighted by molar-refractivity contribution is 0.238. The highest BCUT2D eigenvalue weighted by atomic mass is 79.9. The van der Waals surface area contributed by atoms with Gasteiger partial charge in [-0.2, -0.15) is 0 Å². The Morgan fingerprint density at radius 2 is 1.95 bits per heavy atom. The second-order valence-electron chi connectivity index (χ2n) is 6.81. The molecule has 0 aromatic heterocycles. The van der Waals surface area contributed by atoms with E-state index in [-0.39, 0.29) is 6.04 Å². The number of nitrogens with two attached hydrogens (primary N) is 1. The molecular weight excluding hydrogens is 324 g/mol. The number of piperidine rings is 1.